The molecule has 3 rings (SSSR count). The van der Waals surface area contributed by atoms with E-state index in [1.54, 1.807) is 36.4 Å². The highest BCUT2D eigenvalue weighted by Gasteiger charge is 2.14. The number of amides is 1. The van der Waals surface area contributed by atoms with Gasteiger partial charge in [-0.25, -0.2) is 9.37 Å². The quantitative estimate of drug-likeness (QED) is 0.427. The van der Waals surface area contributed by atoms with E-state index < -0.39 is 11.7 Å². The average Bonchev–Trinajstić information content (AvgIpc) is 2.75. The number of carbonyl (C=O) groups excluding carboxylic acids is 1. The number of nitriles is 1. The van der Waals surface area contributed by atoms with Gasteiger partial charge in [-0.2, -0.15) is 5.26 Å². The number of hydrogen-bond acceptors (Lipinski definition) is 5. The Hall–Kier alpha value is -3.44. The maximum Gasteiger partial charge on any atom is 0.257 e. The van der Waals surface area contributed by atoms with E-state index >= 15 is 0 Å². The third kappa shape index (κ3) is 5.78. The molecule has 0 spiro atoms. The molecule has 0 aliphatic carbocycles. The van der Waals surface area contributed by atoms with Gasteiger partial charge in [0.05, 0.1) is 12.7 Å². The summed E-state index contributed by atoms with van der Waals surface area (Å²) in [6, 6.07) is 16.3. The number of benzene rings is 2. The van der Waals surface area contributed by atoms with E-state index in [9.17, 15) is 9.18 Å². The van der Waals surface area contributed by atoms with Crippen molar-refractivity contribution in [1.29, 1.82) is 5.26 Å². The summed E-state index contributed by atoms with van der Waals surface area (Å²) in [5.74, 6) is -0.132. The first-order valence-corrected chi connectivity index (χ1v) is 9.85. The van der Waals surface area contributed by atoms with Crippen molar-refractivity contribution >= 4 is 27.7 Å². The number of nitrogens with zero attached hydrogens (tertiary/aromatic N) is 2. The fourth-order valence-electron chi connectivity index (χ4n) is 2.47. The predicted molar refractivity (Wildman–Crippen MR) is 113 cm³/mol. The number of anilines is 1. The van der Waals surface area contributed by atoms with Crippen LogP contribution in [-0.4, -0.2) is 17.5 Å². The van der Waals surface area contributed by atoms with Crippen LogP contribution < -0.4 is 14.8 Å². The van der Waals surface area contributed by atoms with Crippen LogP contribution >= 0.6 is 15.9 Å². The van der Waals surface area contributed by atoms with E-state index in [1.807, 2.05) is 6.07 Å². The molecule has 0 bridgehead atoms. The smallest absolute Gasteiger partial charge is 0.257 e. The van der Waals surface area contributed by atoms with Gasteiger partial charge in [0.15, 0.2) is 23.1 Å². The Morgan fingerprint density at radius 1 is 1.17 bits per heavy atom. The van der Waals surface area contributed by atoms with Crippen LogP contribution in [0.25, 0.3) is 0 Å². The zero-order valence-electron chi connectivity index (χ0n) is 15.8. The zero-order valence-corrected chi connectivity index (χ0v) is 17.4. The van der Waals surface area contributed by atoms with Crippen molar-refractivity contribution in [2.24, 2.45) is 0 Å². The van der Waals surface area contributed by atoms with Gasteiger partial charge in [0.2, 0.25) is 0 Å². The maximum absolute atomic E-state index is 14.5. The molecule has 152 valence electrons. The molecule has 1 N–H and O–H groups in total. The third-order valence-corrected chi connectivity index (χ3v) is 4.46. The summed E-state index contributed by atoms with van der Waals surface area (Å²) in [4.78, 5) is 16.6. The van der Waals surface area contributed by atoms with Crippen LogP contribution in [0.5, 0.6) is 17.2 Å². The lowest BCUT2D eigenvalue weighted by molar-refractivity contribution is 0.102. The molecule has 1 aromatic heterocycles. The van der Waals surface area contributed by atoms with Gasteiger partial charge in [-0.15, -0.1) is 0 Å². The normalized spacial score (nSPS) is 10.2. The van der Waals surface area contributed by atoms with Crippen LogP contribution in [0.2, 0.25) is 0 Å². The van der Waals surface area contributed by atoms with Crippen LogP contribution in [0.15, 0.2) is 65.3 Å². The number of halogens is 2. The Kier molecular flexibility index (Phi) is 7.35. The van der Waals surface area contributed by atoms with Gasteiger partial charge < -0.3 is 14.8 Å². The van der Waals surface area contributed by atoms with Crippen molar-refractivity contribution in [1.82, 2.24) is 4.98 Å². The highest BCUT2D eigenvalue weighted by Crippen LogP contribution is 2.27. The number of carbonyl (C=O) groups is 1. The lowest BCUT2D eigenvalue weighted by Crippen LogP contribution is -2.14. The Morgan fingerprint density at radius 2 is 1.97 bits per heavy atom. The largest absolute Gasteiger partial charge is 0.490 e. The molecule has 3 aromatic rings. The number of pyridine rings is 1. The second-order valence-corrected chi connectivity index (χ2v) is 7.03. The number of unbranched alkanes of at least 4 members (excludes halogenated alkanes) is 1. The first-order valence-electron chi connectivity index (χ1n) is 9.06. The number of ether oxygens (including phenoxy) is 2. The molecule has 0 atom stereocenters. The minimum atomic E-state index is -0.667. The molecule has 0 saturated heterocycles. The zero-order chi connectivity index (χ0) is 21.3. The maximum atomic E-state index is 14.5. The van der Waals surface area contributed by atoms with Gasteiger partial charge >= 0.3 is 0 Å². The number of hydrogen-bond donors (Lipinski definition) is 1. The lowest BCUT2D eigenvalue weighted by Gasteiger charge is -2.12. The molecule has 30 heavy (non-hydrogen) atoms. The second-order valence-electron chi connectivity index (χ2n) is 6.12. The van der Waals surface area contributed by atoms with Crippen LogP contribution in [0.1, 0.15) is 23.2 Å². The monoisotopic (exact) mass is 469 g/mol. The average molecular weight is 470 g/mol. The summed E-state index contributed by atoms with van der Waals surface area (Å²) >= 11 is 3.32. The SMILES string of the molecule is N#CCCCOc1cccnc1NC(=O)c1ccc(Oc2ccc(Br)cc2)c(F)c1. The summed E-state index contributed by atoms with van der Waals surface area (Å²) in [5, 5.41) is 11.2. The summed E-state index contributed by atoms with van der Waals surface area (Å²) in [6.07, 6.45) is 2.44. The van der Waals surface area contributed by atoms with Crippen LogP contribution in [0, 0.1) is 17.1 Å². The summed E-state index contributed by atoms with van der Waals surface area (Å²) in [7, 11) is 0. The minimum Gasteiger partial charge on any atom is -0.490 e. The van der Waals surface area contributed by atoms with Crippen LogP contribution in [-0.2, 0) is 0 Å². The summed E-state index contributed by atoms with van der Waals surface area (Å²) in [6.45, 7) is 0.318. The molecular weight excluding hydrogens is 453 g/mol. The van der Waals surface area contributed by atoms with E-state index in [-0.39, 0.29) is 17.1 Å². The molecule has 1 amide bonds. The van der Waals surface area contributed by atoms with Gasteiger partial charge in [0, 0.05) is 22.7 Å². The van der Waals surface area contributed by atoms with Gasteiger partial charge in [0.25, 0.3) is 5.91 Å². The number of rotatable bonds is 8. The molecular formula is C22H17BrFN3O3. The van der Waals surface area contributed by atoms with Crippen molar-refractivity contribution in [2.75, 3.05) is 11.9 Å². The fraction of sp³-hybridized carbons (Fsp3) is 0.136. The van der Waals surface area contributed by atoms with E-state index in [0.29, 0.717) is 30.9 Å². The molecule has 0 radical (unpaired) electrons. The summed E-state index contributed by atoms with van der Waals surface area (Å²) < 4.78 is 26.4. The summed E-state index contributed by atoms with van der Waals surface area (Å²) in [5.41, 5.74) is 0.108. The molecule has 0 aliphatic rings. The van der Waals surface area contributed by atoms with Crippen molar-refractivity contribution in [3.05, 3.63) is 76.6 Å². The number of nitrogens with one attached hydrogen (secondary N) is 1. The van der Waals surface area contributed by atoms with Gasteiger partial charge in [0.1, 0.15) is 5.75 Å². The second kappa shape index (κ2) is 10.4. The molecule has 6 nitrogen and oxygen atoms in total. The van der Waals surface area contributed by atoms with E-state index in [2.05, 4.69) is 26.2 Å². The van der Waals surface area contributed by atoms with Crippen molar-refractivity contribution in [2.45, 2.75) is 12.8 Å². The first-order chi connectivity index (χ1) is 14.6. The van der Waals surface area contributed by atoms with Crippen LogP contribution in [0.4, 0.5) is 10.2 Å². The molecule has 2 aromatic carbocycles. The topological polar surface area (TPSA) is 84.2 Å². The molecule has 0 fully saturated rings. The standard InChI is InChI=1S/C22H17BrFN3O3/c23-16-6-8-17(9-7-16)30-19-10-5-15(14-18(19)24)22(28)27-21-20(4-3-12-26-21)29-13-2-1-11-25/h3-10,12,14H,1-2,13H2,(H,26,27,28). The van der Waals surface area contributed by atoms with E-state index in [4.69, 9.17) is 14.7 Å². The molecule has 8 heteroatoms. The first kappa shape index (κ1) is 21.3. The predicted octanol–water partition coefficient (Wildman–Crippen LogP) is 5.71. The van der Waals surface area contributed by atoms with Crippen LogP contribution in [0.3, 0.4) is 0 Å². The third-order valence-electron chi connectivity index (χ3n) is 3.93. The molecule has 1 heterocycles. The molecule has 0 saturated carbocycles. The Labute approximate surface area is 181 Å². The molecule has 0 unspecified atom stereocenters. The van der Waals surface area contributed by atoms with Crippen molar-refractivity contribution < 1.29 is 18.7 Å². The van der Waals surface area contributed by atoms with Crippen molar-refractivity contribution in [3.8, 4) is 23.3 Å². The molecule has 0 aliphatic heterocycles. The Bertz CT molecular complexity index is 1070. The van der Waals surface area contributed by atoms with Gasteiger partial charge in [-0.3, -0.25) is 4.79 Å². The Balaban J connectivity index is 1.68. The van der Waals surface area contributed by atoms with Gasteiger partial charge in [-0.1, -0.05) is 15.9 Å². The Morgan fingerprint density at radius 3 is 2.70 bits per heavy atom. The lowest BCUT2D eigenvalue weighted by atomic mass is 10.2. The fourth-order valence-corrected chi connectivity index (χ4v) is 2.73. The van der Waals surface area contributed by atoms with E-state index in [1.165, 1.54) is 18.3 Å². The van der Waals surface area contributed by atoms with E-state index in [0.717, 1.165) is 10.5 Å². The van der Waals surface area contributed by atoms with Gasteiger partial charge in [-0.05, 0) is 61.0 Å². The highest BCUT2D eigenvalue weighted by molar-refractivity contribution is 9.10. The van der Waals surface area contributed by atoms with Crippen molar-refractivity contribution in [3.63, 3.8) is 0 Å². The minimum absolute atomic E-state index is 0.00761. The highest BCUT2D eigenvalue weighted by atomic mass is 79.9. The number of aromatic nitrogens is 1.